The maximum Gasteiger partial charge on any atom is 0.325 e. The molecular weight excluding hydrogens is 290 g/mol. The molecule has 1 fully saturated rings. The van der Waals surface area contributed by atoms with Gasteiger partial charge in [0.1, 0.15) is 12.2 Å². The fraction of sp³-hybridized carbons (Fsp3) is 0.571. The fourth-order valence-corrected chi connectivity index (χ4v) is 2.51. The highest BCUT2D eigenvalue weighted by atomic mass is 16.5. The van der Waals surface area contributed by atoms with Gasteiger partial charge in [-0.25, -0.2) is 4.68 Å². The van der Waals surface area contributed by atoms with Gasteiger partial charge in [-0.05, 0) is 25.8 Å². The molecule has 1 aliphatic rings. The Morgan fingerprint density at radius 1 is 1.36 bits per heavy atom. The summed E-state index contributed by atoms with van der Waals surface area (Å²) in [6.07, 6.45) is 2.51. The summed E-state index contributed by atoms with van der Waals surface area (Å²) in [5.74, 6) is -1.71. The number of piperidine rings is 1. The highest BCUT2D eigenvalue weighted by molar-refractivity contribution is 5.93. The lowest BCUT2D eigenvalue weighted by atomic mass is 9.97. The number of aliphatic carboxylic acids is 1. The van der Waals surface area contributed by atoms with E-state index in [2.05, 4.69) is 5.10 Å². The third-order valence-corrected chi connectivity index (χ3v) is 3.62. The molecule has 0 bridgehead atoms. The average molecular weight is 309 g/mol. The summed E-state index contributed by atoms with van der Waals surface area (Å²) in [7, 11) is 0. The molecule has 0 spiro atoms. The lowest BCUT2D eigenvalue weighted by Crippen LogP contribution is -2.41. The smallest absolute Gasteiger partial charge is 0.325 e. The van der Waals surface area contributed by atoms with Crippen molar-refractivity contribution in [2.75, 3.05) is 19.7 Å². The molecule has 8 nitrogen and oxygen atoms in total. The van der Waals surface area contributed by atoms with Gasteiger partial charge in [-0.15, -0.1) is 0 Å². The van der Waals surface area contributed by atoms with Crippen LogP contribution in [0.2, 0.25) is 0 Å². The number of carbonyl (C=O) groups excluding carboxylic acids is 2. The van der Waals surface area contributed by atoms with E-state index in [-0.39, 0.29) is 30.0 Å². The molecule has 1 amide bonds. The Labute approximate surface area is 127 Å². The lowest BCUT2D eigenvalue weighted by molar-refractivity contribution is -0.149. The summed E-state index contributed by atoms with van der Waals surface area (Å²) >= 11 is 0. The van der Waals surface area contributed by atoms with Gasteiger partial charge in [0, 0.05) is 19.3 Å². The zero-order valence-corrected chi connectivity index (χ0v) is 12.4. The first-order valence-electron chi connectivity index (χ1n) is 7.22. The highest BCUT2D eigenvalue weighted by Gasteiger charge is 2.29. The van der Waals surface area contributed by atoms with Crippen molar-refractivity contribution in [3.05, 3.63) is 18.0 Å². The quantitative estimate of drug-likeness (QED) is 0.789. The van der Waals surface area contributed by atoms with Crippen LogP contribution < -0.4 is 0 Å². The van der Waals surface area contributed by atoms with Crippen molar-refractivity contribution in [2.45, 2.75) is 26.3 Å². The Morgan fingerprint density at radius 2 is 2.05 bits per heavy atom. The highest BCUT2D eigenvalue weighted by Crippen LogP contribution is 2.20. The lowest BCUT2D eigenvalue weighted by Gasteiger charge is -2.30. The number of aromatic nitrogens is 2. The molecule has 2 rings (SSSR count). The number of hydrogen-bond acceptors (Lipinski definition) is 5. The van der Waals surface area contributed by atoms with E-state index in [1.165, 1.54) is 16.9 Å². The number of nitrogens with zero attached hydrogens (tertiary/aromatic N) is 3. The second kappa shape index (κ2) is 7.06. The standard InChI is InChI=1S/C14H19N3O5/c1-2-22-14(21)10-4-7-16(8-5-10)13(20)11-3-6-15-17(11)9-12(18)19/h3,6,10H,2,4-5,7-9H2,1H3,(H,18,19). The summed E-state index contributed by atoms with van der Waals surface area (Å²) in [6, 6.07) is 1.50. The minimum atomic E-state index is -1.06. The molecule has 8 heteroatoms. The van der Waals surface area contributed by atoms with Crippen LogP contribution in [0.15, 0.2) is 12.3 Å². The summed E-state index contributed by atoms with van der Waals surface area (Å²) in [5.41, 5.74) is 0.247. The van der Waals surface area contributed by atoms with Gasteiger partial charge >= 0.3 is 11.9 Å². The maximum absolute atomic E-state index is 12.4. The predicted molar refractivity (Wildman–Crippen MR) is 75.1 cm³/mol. The third-order valence-electron chi connectivity index (χ3n) is 3.62. The molecule has 0 unspecified atom stereocenters. The van der Waals surface area contributed by atoms with Gasteiger partial charge in [-0.3, -0.25) is 14.4 Å². The van der Waals surface area contributed by atoms with E-state index in [0.29, 0.717) is 32.5 Å². The number of carbonyl (C=O) groups is 3. The van der Waals surface area contributed by atoms with E-state index in [1.807, 2.05) is 0 Å². The van der Waals surface area contributed by atoms with Crippen LogP contribution in [-0.4, -0.2) is 57.3 Å². The predicted octanol–water partition coefficient (Wildman–Crippen LogP) is 0.383. The summed E-state index contributed by atoms with van der Waals surface area (Å²) in [5, 5.41) is 12.7. The molecule has 120 valence electrons. The van der Waals surface area contributed by atoms with Crippen LogP contribution in [0.4, 0.5) is 0 Å². The van der Waals surface area contributed by atoms with Gasteiger partial charge in [-0.2, -0.15) is 5.10 Å². The Hall–Kier alpha value is -2.38. The van der Waals surface area contributed by atoms with Crippen LogP contribution in [0.1, 0.15) is 30.3 Å². The second-order valence-corrected chi connectivity index (χ2v) is 5.09. The van der Waals surface area contributed by atoms with Crippen molar-refractivity contribution in [2.24, 2.45) is 5.92 Å². The molecule has 0 radical (unpaired) electrons. The molecule has 0 aliphatic carbocycles. The first kappa shape index (κ1) is 16.0. The summed E-state index contributed by atoms with van der Waals surface area (Å²) in [4.78, 5) is 36.5. The minimum absolute atomic E-state index is 0.173. The molecule has 1 aromatic heterocycles. The largest absolute Gasteiger partial charge is 0.480 e. The Balaban J connectivity index is 1.97. The molecule has 1 aromatic rings. The van der Waals surface area contributed by atoms with Gasteiger partial charge in [-0.1, -0.05) is 0 Å². The zero-order valence-electron chi connectivity index (χ0n) is 12.4. The van der Waals surface area contributed by atoms with Gasteiger partial charge in [0.25, 0.3) is 5.91 Å². The van der Waals surface area contributed by atoms with Crippen molar-refractivity contribution in [3.63, 3.8) is 0 Å². The van der Waals surface area contributed by atoms with E-state index < -0.39 is 5.97 Å². The zero-order chi connectivity index (χ0) is 16.1. The Kier molecular flexibility index (Phi) is 5.13. The number of amides is 1. The SMILES string of the molecule is CCOC(=O)C1CCN(C(=O)c2ccnn2CC(=O)O)CC1. The number of esters is 1. The van der Waals surface area contributed by atoms with Crippen LogP contribution in [0.3, 0.4) is 0 Å². The minimum Gasteiger partial charge on any atom is -0.480 e. The summed E-state index contributed by atoms with van der Waals surface area (Å²) < 4.78 is 6.16. The Morgan fingerprint density at radius 3 is 2.64 bits per heavy atom. The first-order chi connectivity index (χ1) is 10.5. The second-order valence-electron chi connectivity index (χ2n) is 5.09. The number of likely N-dealkylation sites (tertiary alicyclic amines) is 1. The van der Waals surface area contributed by atoms with Crippen molar-refractivity contribution >= 4 is 17.8 Å². The van der Waals surface area contributed by atoms with Gasteiger partial charge < -0.3 is 14.7 Å². The number of rotatable bonds is 5. The number of hydrogen-bond donors (Lipinski definition) is 1. The van der Waals surface area contributed by atoms with Crippen LogP contribution in [-0.2, 0) is 20.9 Å². The molecular formula is C14H19N3O5. The number of carboxylic acids is 1. The fourth-order valence-electron chi connectivity index (χ4n) is 2.51. The van der Waals surface area contributed by atoms with Crippen LogP contribution in [0.25, 0.3) is 0 Å². The van der Waals surface area contributed by atoms with E-state index in [4.69, 9.17) is 9.84 Å². The summed E-state index contributed by atoms with van der Waals surface area (Å²) in [6.45, 7) is 2.65. The molecule has 2 heterocycles. The normalized spacial score (nSPS) is 15.6. The molecule has 0 saturated carbocycles. The molecule has 0 aromatic carbocycles. The molecule has 1 saturated heterocycles. The molecule has 1 N–H and O–H groups in total. The van der Waals surface area contributed by atoms with E-state index in [0.717, 1.165) is 0 Å². The van der Waals surface area contributed by atoms with Crippen LogP contribution >= 0.6 is 0 Å². The third kappa shape index (κ3) is 3.63. The van der Waals surface area contributed by atoms with Crippen molar-refractivity contribution < 1.29 is 24.2 Å². The van der Waals surface area contributed by atoms with Crippen molar-refractivity contribution in [1.82, 2.24) is 14.7 Å². The number of carboxylic acid groups (broad SMARTS) is 1. The van der Waals surface area contributed by atoms with Crippen LogP contribution in [0.5, 0.6) is 0 Å². The molecule has 1 aliphatic heterocycles. The maximum atomic E-state index is 12.4. The van der Waals surface area contributed by atoms with Gasteiger partial charge in [0.05, 0.1) is 12.5 Å². The monoisotopic (exact) mass is 309 g/mol. The molecule has 0 atom stereocenters. The molecule has 22 heavy (non-hydrogen) atoms. The van der Waals surface area contributed by atoms with Gasteiger partial charge in [0.15, 0.2) is 0 Å². The topological polar surface area (TPSA) is 102 Å². The van der Waals surface area contributed by atoms with Crippen molar-refractivity contribution in [3.8, 4) is 0 Å². The van der Waals surface area contributed by atoms with Crippen LogP contribution in [0, 0.1) is 5.92 Å². The van der Waals surface area contributed by atoms with Gasteiger partial charge in [0.2, 0.25) is 0 Å². The van der Waals surface area contributed by atoms with E-state index in [1.54, 1.807) is 11.8 Å². The van der Waals surface area contributed by atoms with E-state index in [9.17, 15) is 14.4 Å². The first-order valence-corrected chi connectivity index (χ1v) is 7.22. The van der Waals surface area contributed by atoms with E-state index >= 15 is 0 Å². The number of ether oxygens (including phenoxy) is 1. The Bertz CT molecular complexity index is 561. The average Bonchev–Trinajstić information content (AvgIpc) is 2.94. The van der Waals surface area contributed by atoms with Crippen molar-refractivity contribution in [1.29, 1.82) is 0 Å².